The third-order valence-corrected chi connectivity index (χ3v) is 3.61. The molecule has 2 rings (SSSR count). The fourth-order valence-corrected chi connectivity index (χ4v) is 2.58. The van der Waals surface area contributed by atoms with Crippen molar-refractivity contribution in [3.63, 3.8) is 0 Å². The minimum Gasteiger partial charge on any atom is -0.294 e. The summed E-state index contributed by atoms with van der Waals surface area (Å²) in [5.41, 5.74) is 0.697. The zero-order valence-electron chi connectivity index (χ0n) is 9.05. The van der Waals surface area contributed by atoms with Gasteiger partial charge in [0.15, 0.2) is 5.78 Å². The van der Waals surface area contributed by atoms with Crippen molar-refractivity contribution < 1.29 is 4.79 Å². The van der Waals surface area contributed by atoms with Crippen molar-refractivity contribution in [2.45, 2.75) is 16.8 Å². The van der Waals surface area contributed by atoms with E-state index in [9.17, 15) is 4.79 Å². The van der Waals surface area contributed by atoms with E-state index in [0.717, 1.165) is 14.4 Å². The molecule has 17 heavy (non-hydrogen) atoms. The van der Waals surface area contributed by atoms with Crippen LogP contribution in [0.2, 0.25) is 0 Å². The number of carbonyl (C=O) groups is 1. The summed E-state index contributed by atoms with van der Waals surface area (Å²) in [7, 11) is 0. The molecule has 0 unspecified atom stereocenters. The van der Waals surface area contributed by atoms with Crippen LogP contribution in [0, 0.1) is 0 Å². The summed E-state index contributed by atoms with van der Waals surface area (Å²) in [5.74, 6) is 0.0443. The highest BCUT2D eigenvalue weighted by atomic mass is 79.9. The summed E-state index contributed by atoms with van der Waals surface area (Å²) in [4.78, 5) is 20.4. The lowest BCUT2D eigenvalue weighted by Crippen LogP contribution is -1.95. The first-order valence-corrected chi connectivity index (χ1v) is 6.52. The van der Waals surface area contributed by atoms with Gasteiger partial charge >= 0.3 is 0 Å². The Morgan fingerprint density at radius 2 is 2.18 bits per heavy atom. The van der Waals surface area contributed by atoms with Gasteiger partial charge in [-0.15, -0.1) is 0 Å². The average molecular weight is 309 g/mol. The van der Waals surface area contributed by atoms with Gasteiger partial charge < -0.3 is 0 Å². The van der Waals surface area contributed by atoms with Crippen LogP contribution < -0.4 is 0 Å². The van der Waals surface area contributed by atoms with E-state index in [4.69, 9.17) is 0 Å². The predicted molar refractivity (Wildman–Crippen MR) is 70.3 cm³/mol. The SMILES string of the molecule is CC(=O)c1cc(Br)ccc1Sc1ccncn1. The lowest BCUT2D eigenvalue weighted by molar-refractivity contribution is 0.101. The zero-order valence-corrected chi connectivity index (χ0v) is 11.5. The molecule has 0 aliphatic carbocycles. The Kier molecular flexibility index (Phi) is 3.91. The van der Waals surface area contributed by atoms with Gasteiger partial charge in [0, 0.05) is 21.1 Å². The van der Waals surface area contributed by atoms with Gasteiger partial charge in [0.2, 0.25) is 0 Å². The Hall–Kier alpha value is -1.20. The maximum Gasteiger partial charge on any atom is 0.160 e. The number of hydrogen-bond acceptors (Lipinski definition) is 4. The number of hydrogen-bond donors (Lipinski definition) is 0. The largest absolute Gasteiger partial charge is 0.294 e. The van der Waals surface area contributed by atoms with E-state index in [-0.39, 0.29) is 5.78 Å². The third-order valence-electron chi connectivity index (χ3n) is 2.09. The normalized spacial score (nSPS) is 10.2. The number of halogens is 1. The third kappa shape index (κ3) is 3.14. The molecule has 0 saturated heterocycles. The second kappa shape index (κ2) is 5.42. The maximum absolute atomic E-state index is 11.5. The van der Waals surface area contributed by atoms with E-state index >= 15 is 0 Å². The smallest absolute Gasteiger partial charge is 0.160 e. The van der Waals surface area contributed by atoms with Gasteiger partial charge in [-0.25, -0.2) is 9.97 Å². The van der Waals surface area contributed by atoms with E-state index in [1.807, 2.05) is 24.3 Å². The minimum absolute atomic E-state index is 0.0443. The quantitative estimate of drug-likeness (QED) is 0.642. The van der Waals surface area contributed by atoms with E-state index in [1.54, 1.807) is 13.1 Å². The topological polar surface area (TPSA) is 42.9 Å². The molecule has 86 valence electrons. The number of aromatic nitrogens is 2. The number of ketones is 1. The van der Waals surface area contributed by atoms with Crippen molar-refractivity contribution >= 4 is 33.5 Å². The second-order valence-electron chi connectivity index (χ2n) is 3.35. The molecule has 1 aromatic carbocycles. The molecule has 0 saturated carbocycles. The van der Waals surface area contributed by atoms with Crippen molar-refractivity contribution in [1.29, 1.82) is 0 Å². The summed E-state index contributed by atoms with van der Waals surface area (Å²) in [5, 5.41) is 0.824. The molecule has 0 spiro atoms. The van der Waals surface area contributed by atoms with Crippen LogP contribution in [0.25, 0.3) is 0 Å². The number of carbonyl (C=O) groups excluding carboxylic acids is 1. The predicted octanol–water partition coefficient (Wildman–Crippen LogP) is 3.59. The van der Waals surface area contributed by atoms with Crippen LogP contribution in [0.15, 0.2) is 51.2 Å². The highest BCUT2D eigenvalue weighted by Gasteiger charge is 2.09. The van der Waals surface area contributed by atoms with E-state index < -0.39 is 0 Å². The molecule has 1 aromatic heterocycles. The first-order chi connectivity index (χ1) is 8.16. The second-order valence-corrected chi connectivity index (χ2v) is 5.32. The molecule has 0 bridgehead atoms. The highest BCUT2D eigenvalue weighted by Crippen LogP contribution is 2.30. The van der Waals surface area contributed by atoms with Crippen LogP contribution in [0.3, 0.4) is 0 Å². The minimum atomic E-state index is 0.0443. The van der Waals surface area contributed by atoms with Crippen LogP contribution in [0.4, 0.5) is 0 Å². The van der Waals surface area contributed by atoms with Gasteiger partial charge in [-0.1, -0.05) is 27.7 Å². The molecular weight excluding hydrogens is 300 g/mol. The first-order valence-electron chi connectivity index (χ1n) is 4.91. The van der Waals surface area contributed by atoms with Crippen molar-refractivity contribution in [3.8, 4) is 0 Å². The molecular formula is C12H9BrN2OS. The Labute approximate surface area is 112 Å². The summed E-state index contributed by atoms with van der Waals surface area (Å²) in [6.07, 6.45) is 3.18. The monoisotopic (exact) mass is 308 g/mol. The molecule has 2 aromatic rings. The Bertz CT molecular complexity index is 545. The highest BCUT2D eigenvalue weighted by molar-refractivity contribution is 9.10. The summed E-state index contributed by atoms with van der Waals surface area (Å²) >= 11 is 4.82. The standard InChI is InChI=1S/C12H9BrN2OS/c1-8(16)10-6-9(13)2-3-11(10)17-12-4-5-14-7-15-12/h2-7H,1H3. The molecule has 5 heteroatoms. The fourth-order valence-electron chi connectivity index (χ4n) is 1.32. The Balaban J connectivity index is 2.36. The lowest BCUT2D eigenvalue weighted by Gasteiger charge is -2.06. The summed E-state index contributed by atoms with van der Waals surface area (Å²) in [6.45, 7) is 1.56. The van der Waals surface area contributed by atoms with Crippen LogP contribution in [-0.4, -0.2) is 15.8 Å². The van der Waals surface area contributed by atoms with Crippen LogP contribution in [0.1, 0.15) is 17.3 Å². The van der Waals surface area contributed by atoms with Gasteiger partial charge in [-0.2, -0.15) is 0 Å². The van der Waals surface area contributed by atoms with Crippen LogP contribution in [0.5, 0.6) is 0 Å². The van der Waals surface area contributed by atoms with Gasteiger partial charge in [-0.05, 0) is 31.2 Å². The Morgan fingerprint density at radius 3 is 2.82 bits per heavy atom. The lowest BCUT2D eigenvalue weighted by atomic mass is 10.1. The summed E-state index contributed by atoms with van der Waals surface area (Å²) < 4.78 is 0.898. The number of benzene rings is 1. The van der Waals surface area contributed by atoms with Crippen molar-refractivity contribution in [3.05, 3.63) is 46.8 Å². The van der Waals surface area contributed by atoms with Gasteiger partial charge in [-0.3, -0.25) is 4.79 Å². The van der Waals surface area contributed by atoms with E-state index in [0.29, 0.717) is 5.56 Å². The van der Waals surface area contributed by atoms with Gasteiger partial charge in [0.1, 0.15) is 11.4 Å². The summed E-state index contributed by atoms with van der Waals surface area (Å²) in [6, 6.07) is 7.46. The maximum atomic E-state index is 11.5. The van der Waals surface area contributed by atoms with Gasteiger partial charge in [0.25, 0.3) is 0 Å². The van der Waals surface area contributed by atoms with E-state index in [2.05, 4.69) is 25.9 Å². The van der Waals surface area contributed by atoms with Crippen LogP contribution >= 0.6 is 27.7 Å². The number of rotatable bonds is 3. The van der Waals surface area contributed by atoms with Crippen molar-refractivity contribution in [1.82, 2.24) is 9.97 Å². The molecule has 3 nitrogen and oxygen atoms in total. The van der Waals surface area contributed by atoms with E-state index in [1.165, 1.54) is 18.1 Å². The molecule has 0 radical (unpaired) electrons. The molecule has 1 heterocycles. The zero-order chi connectivity index (χ0) is 12.3. The fraction of sp³-hybridized carbons (Fsp3) is 0.0833. The number of nitrogens with zero attached hydrogens (tertiary/aromatic N) is 2. The molecule has 0 atom stereocenters. The first kappa shape index (κ1) is 12.3. The van der Waals surface area contributed by atoms with Crippen molar-refractivity contribution in [2.75, 3.05) is 0 Å². The molecule has 0 amide bonds. The Morgan fingerprint density at radius 1 is 1.35 bits per heavy atom. The number of Topliss-reactive ketones (excluding diaryl/α,β-unsaturated/α-hetero) is 1. The molecule has 0 fully saturated rings. The van der Waals surface area contributed by atoms with Crippen molar-refractivity contribution in [2.24, 2.45) is 0 Å². The molecule has 0 N–H and O–H groups in total. The average Bonchev–Trinajstić information content (AvgIpc) is 2.32. The molecule has 0 aliphatic heterocycles. The van der Waals surface area contributed by atoms with Crippen LogP contribution in [-0.2, 0) is 0 Å². The molecule has 0 aliphatic rings. The van der Waals surface area contributed by atoms with Gasteiger partial charge in [0.05, 0.1) is 0 Å².